The van der Waals surface area contributed by atoms with Gasteiger partial charge >= 0.3 is 5.97 Å². The molecule has 1 atom stereocenters. The SMILES string of the molecule is COc1cccc(COC(=O)[C@H](N)CS)c1. The fourth-order valence-electron chi connectivity index (χ4n) is 1.10. The van der Waals surface area contributed by atoms with Crippen molar-refractivity contribution < 1.29 is 14.3 Å². The van der Waals surface area contributed by atoms with E-state index in [0.29, 0.717) is 0 Å². The van der Waals surface area contributed by atoms with E-state index in [4.69, 9.17) is 15.2 Å². The molecule has 4 nitrogen and oxygen atoms in total. The Morgan fingerprint density at radius 3 is 2.94 bits per heavy atom. The van der Waals surface area contributed by atoms with Crippen molar-refractivity contribution in [2.45, 2.75) is 12.6 Å². The van der Waals surface area contributed by atoms with Gasteiger partial charge in [-0.3, -0.25) is 4.79 Å². The molecule has 0 aliphatic rings. The van der Waals surface area contributed by atoms with E-state index in [0.717, 1.165) is 11.3 Å². The van der Waals surface area contributed by atoms with E-state index in [9.17, 15) is 4.79 Å². The zero-order valence-corrected chi connectivity index (χ0v) is 9.94. The first kappa shape index (κ1) is 12.9. The largest absolute Gasteiger partial charge is 0.497 e. The number of hydrogen-bond donors (Lipinski definition) is 2. The van der Waals surface area contributed by atoms with E-state index in [-0.39, 0.29) is 12.4 Å². The molecule has 0 spiro atoms. The summed E-state index contributed by atoms with van der Waals surface area (Å²) in [6.45, 7) is 0.192. The van der Waals surface area contributed by atoms with Crippen LogP contribution < -0.4 is 10.5 Å². The molecule has 0 aliphatic heterocycles. The molecule has 5 heteroatoms. The standard InChI is InChI=1S/C11H15NO3S/c1-14-9-4-2-3-8(5-9)6-15-11(13)10(12)7-16/h2-5,10,16H,6-7,12H2,1H3/t10-/m1/s1. The van der Waals surface area contributed by atoms with Crippen molar-refractivity contribution in [2.24, 2.45) is 5.73 Å². The molecule has 0 radical (unpaired) electrons. The number of ether oxygens (including phenoxy) is 2. The van der Waals surface area contributed by atoms with Crippen molar-refractivity contribution in [3.05, 3.63) is 29.8 Å². The summed E-state index contributed by atoms with van der Waals surface area (Å²) in [5.41, 5.74) is 6.32. The Balaban J connectivity index is 2.51. The maximum absolute atomic E-state index is 11.3. The molecule has 88 valence electrons. The van der Waals surface area contributed by atoms with Gasteiger partial charge in [0.05, 0.1) is 7.11 Å². The van der Waals surface area contributed by atoms with Crippen molar-refractivity contribution >= 4 is 18.6 Å². The van der Waals surface area contributed by atoms with Crippen LogP contribution in [-0.4, -0.2) is 24.9 Å². The lowest BCUT2D eigenvalue weighted by molar-refractivity contribution is -0.145. The molecule has 0 fully saturated rings. The highest BCUT2D eigenvalue weighted by molar-refractivity contribution is 7.80. The van der Waals surface area contributed by atoms with Gasteiger partial charge in [0.1, 0.15) is 18.4 Å². The van der Waals surface area contributed by atoms with Crippen LogP contribution in [0.1, 0.15) is 5.56 Å². The fourth-order valence-corrected chi connectivity index (χ4v) is 1.25. The zero-order chi connectivity index (χ0) is 12.0. The molecule has 0 aliphatic carbocycles. The van der Waals surface area contributed by atoms with E-state index in [1.165, 1.54) is 0 Å². The second kappa shape index (κ2) is 6.40. The molecule has 0 saturated heterocycles. The van der Waals surface area contributed by atoms with Gasteiger partial charge in [-0.05, 0) is 17.7 Å². The molecule has 0 unspecified atom stereocenters. The number of thiol groups is 1. The lowest BCUT2D eigenvalue weighted by Crippen LogP contribution is -2.33. The Morgan fingerprint density at radius 2 is 2.31 bits per heavy atom. The highest BCUT2D eigenvalue weighted by atomic mass is 32.1. The van der Waals surface area contributed by atoms with Gasteiger partial charge in [0.15, 0.2) is 0 Å². The van der Waals surface area contributed by atoms with Gasteiger partial charge in [-0.2, -0.15) is 12.6 Å². The van der Waals surface area contributed by atoms with Crippen molar-refractivity contribution in [3.63, 3.8) is 0 Å². The van der Waals surface area contributed by atoms with Crippen LogP contribution in [0.25, 0.3) is 0 Å². The summed E-state index contributed by atoms with van der Waals surface area (Å²) in [6.07, 6.45) is 0. The molecule has 1 rings (SSSR count). The van der Waals surface area contributed by atoms with Crippen LogP contribution in [0.15, 0.2) is 24.3 Å². The topological polar surface area (TPSA) is 61.5 Å². The maximum atomic E-state index is 11.3. The predicted molar refractivity (Wildman–Crippen MR) is 64.6 cm³/mol. The lowest BCUT2D eigenvalue weighted by atomic mass is 10.2. The van der Waals surface area contributed by atoms with E-state index in [2.05, 4.69) is 12.6 Å². The maximum Gasteiger partial charge on any atom is 0.324 e. The number of carbonyl (C=O) groups excluding carboxylic acids is 1. The Kier molecular flexibility index (Phi) is 5.14. The average Bonchev–Trinajstić information content (AvgIpc) is 2.35. The monoisotopic (exact) mass is 241 g/mol. The molecule has 0 amide bonds. The molecule has 1 aromatic rings. The molecule has 0 bridgehead atoms. The van der Waals surface area contributed by atoms with Gasteiger partial charge in [-0.15, -0.1) is 0 Å². The quantitative estimate of drug-likeness (QED) is 0.596. The van der Waals surface area contributed by atoms with Gasteiger partial charge in [0, 0.05) is 5.75 Å². The number of carbonyl (C=O) groups is 1. The smallest absolute Gasteiger partial charge is 0.324 e. The molecule has 1 aromatic carbocycles. The van der Waals surface area contributed by atoms with E-state index in [1.54, 1.807) is 13.2 Å². The second-order valence-electron chi connectivity index (χ2n) is 3.25. The summed E-state index contributed by atoms with van der Waals surface area (Å²) in [7, 11) is 1.59. The van der Waals surface area contributed by atoms with Crippen molar-refractivity contribution in [1.82, 2.24) is 0 Å². The normalized spacial score (nSPS) is 11.9. The number of esters is 1. The first-order chi connectivity index (χ1) is 7.67. The van der Waals surface area contributed by atoms with Crippen LogP contribution in [0, 0.1) is 0 Å². The third-order valence-corrected chi connectivity index (χ3v) is 2.41. The fraction of sp³-hybridized carbons (Fsp3) is 0.364. The minimum absolute atomic E-state index is 0.192. The number of nitrogens with two attached hydrogens (primary N) is 1. The van der Waals surface area contributed by atoms with Gasteiger partial charge < -0.3 is 15.2 Å². The van der Waals surface area contributed by atoms with Gasteiger partial charge in [0.25, 0.3) is 0 Å². The highest BCUT2D eigenvalue weighted by Gasteiger charge is 2.12. The average molecular weight is 241 g/mol. The van der Waals surface area contributed by atoms with Crippen LogP contribution in [0.4, 0.5) is 0 Å². The van der Waals surface area contributed by atoms with E-state index in [1.807, 2.05) is 18.2 Å². The lowest BCUT2D eigenvalue weighted by Gasteiger charge is -2.09. The van der Waals surface area contributed by atoms with Gasteiger partial charge in [-0.1, -0.05) is 12.1 Å². The number of rotatable bonds is 5. The Hall–Kier alpha value is -1.20. The first-order valence-corrected chi connectivity index (χ1v) is 5.46. The zero-order valence-electron chi connectivity index (χ0n) is 9.05. The summed E-state index contributed by atoms with van der Waals surface area (Å²) in [4.78, 5) is 11.3. The molecule has 0 aromatic heterocycles. The third kappa shape index (κ3) is 3.75. The summed E-state index contributed by atoms with van der Waals surface area (Å²) in [5, 5.41) is 0. The van der Waals surface area contributed by atoms with Gasteiger partial charge in [0.2, 0.25) is 0 Å². The van der Waals surface area contributed by atoms with Crippen molar-refractivity contribution in [3.8, 4) is 5.75 Å². The van der Waals surface area contributed by atoms with Crippen molar-refractivity contribution in [2.75, 3.05) is 12.9 Å². The molecule has 2 N–H and O–H groups in total. The van der Waals surface area contributed by atoms with E-state index >= 15 is 0 Å². The number of hydrogen-bond acceptors (Lipinski definition) is 5. The Bertz CT molecular complexity index is 357. The Labute approximate surface area is 100 Å². The Morgan fingerprint density at radius 1 is 1.56 bits per heavy atom. The van der Waals surface area contributed by atoms with E-state index < -0.39 is 12.0 Å². The van der Waals surface area contributed by atoms with Gasteiger partial charge in [-0.25, -0.2) is 0 Å². The molecule has 16 heavy (non-hydrogen) atoms. The second-order valence-corrected chi connectivity index (χ2v) is 3.61. The minimum Gasteiger partial charge on any atom is -0.497 e. The summed E-state index contributed by atoms with van der Waals surface area (Å²) in [6, 6.07) is 6.64. The molecular formula is C11H15NO3S. The van der Waals surface area contributed by atoms with Crippen molar-refractivity contribution in [1.29, 1.82) is 0 Å². The number of methoxy groups -OCH3 is 1. The summed E-state index contributed by atoms with van der Waals surface area (Å²) < 4.78 is 10.1. The van der Waals surface area contributed by atoms with Crippen LogP contribution in [0.5, 0.6) is 5.75 Å². The summed E-state index contributed by atoms with van der Waals surface area (Å²) in [5.74, 6) is 0.557. The number of benzene rings is 1. The molecule has 0 saturated carbocycles. The third-order valence-electron chi connectivity index (χ3n) is 2.01. The van der Waals surface area contributed by atoms with Crippen LogP contribution in [0.3, 0.4) is 0 Å². The van der Waals surface area contributed by atoms with Crippen LogP contribution in [0.2, 0.25) is 0 Å². The minimum atomic E-state index is -0.672. The predicted octanol–water partition coefficient (Wildman–Crippen LogP) is 0.995. The van der Waals surface area contributed by atoms with Crippen LogP contribution in [-0.2, 0) is 16.1 Å². The van der Waals surface area contributed by atoms with Crippen LogP contribution >= 0.6 is 12.6 Å². The summed E-state index contributed by atoms with van der Waals surface area (Å²) >= 11 is 3.92. The molecular weight excluding hydrogens is 226 g/mol. The highest BCUT2D eigenvalue weighted by Crippen LogP contribution is 2.13. The first-order valence-electron chi connectivity index (χ1n) is 4.83. The molecule has 0 heterocycles.